The first-order valence-corrected chi connectivity index (χ1v) is 14.2. The molecule has 2 rings (SSSR count). The Labute approximate surface area is 224 Å². The predicted octanol–water partition coefficient (Wildman–Crippen LogP) is 6.86. The summed E-state index contributed by atoms with van der Waals surface area (Å²) < 4.78 is 10.7. The van der Waals surface area contributed by atoms with Crippen LogP contribution in [0.1, 0.15) is 101 Å². The Balaban J connectivity index is 1.98. The van der Waals surface area contributed by atoms with Crippen LogP contribution in [0.4, 0.5) is 0 Å². The van der Waals surface area contributed by atoms with Gasteiger partial charge < -0.3 is 14.6 Å². The molecule has 37 heavy (non-hydrogen) atoms. The minimum absolute atomic E-state index is 0.0100. The smallest absolute Gasteiger partial charge is 0.335 e. The summed E-state index contributed by atoms with van der Waals surface area (Å²) in [6.07, 6.45) is 13.2. The maximum absolute atomic E-state index is 12.0. The molecule has 1 aromatic carbocycles. The molecule has 0 saturated heterocycles. The van der Waals surface area contributed by atoms with Crippen LogP contribution in [-0.2, 0) is 31.9 Å². The average molecular weight is 513 g/mol. The Bertz CT molecular complexity index is 894. The minimum Gasteiger partial charge on any atom is -0.462 e. The fraction of sp³-hybridized carbons (Fsp3) is 0.625. The molecule has 1 saturated carbocycles. The molecule has 1 aliphatic rings. The van der Waals surface area contributed by atoms with Gasteiger partial charge in [0.1, 0.15) is 0 Å². The number of carbonyl (C=O) groups is 2. The van der Waals surface area contributed by atoms with Crippen molar-refractivity contribution in [2.24, 2.45) is 11.8 Å². The van der Waals surface area contributed by atoms with E-state index in [2.05, 4.69) is 45.2 Å². The van der Waals surface area contributed by atoms with Gasteiger partial charge in [-0.2, -0.15) is 0 Å². The van der Waals surface area contributed by atoms with Gasteiger partial charge in [-0.15, -0.1) is 0 Å². The fourth-order valence-corrected chi connectivity index (χ4v) is 5.23. The molecule has 206 valence electrons. The van der Waals surface area contributed by atoms with Crippen LogP contribution in [0.2, 0.25) is 0 Å². The molecule has 5 heteroatoms. The highest BCUT2D eigenvalue weighted by atomic mass is 16.5. The van der Waals surface area contributed by atoms with E-state index in [0.29, 0.717) is 17.9 Å². The van der Waals surface area contributed by atoms with Gasteiger partial charge in [0.05, 0.1) is 25.4 Å². The van der Waals surface area contributed by atoms with E-state index in [1.807, 2.05) is 0 Å². The monoisotopic (exact) mass is 512 g/mol. The largest absolute Gasteiger partial charge is 0.462 e. The van der Waals surface area contributed by atoms with Crippen molar-refractivity contribution in [2.75, 3.05) is 19.8 Å². The van der Waals surface area contributed by atoms with E-state index in [4.69, 9.17) is 14.6 Å². The molecule has 0 bridgehead atoms. The second kappa shape index (κ2) is 16.4. The number of benzene rings is 1. The Morgan fingerprint density at radius 3 is 2.30 bits per heavy atom. The molecule has 1 atom stereocenters. The molecule has 0 aliphatic heterocycles. The summed E-state index contributed by atoms with van der Waals surface area (Å²) in [5.74, 6) is 0.336. The fourth-order valence-electron chi connectivity index (χ4n) is 5.23. The van der Waals surface area contributed by atoms with E-state index in [1.54, 1.807) is 6.92 Å². The van der Waals surface area contributed by atoms with Gasteiger partial charge in [-0.1, -0.05) is 70.9 Å². The van der Waals surface area contributed by atoms with Crippen molar-refractivity contribution in [1.29, 1.82) is 0 Å². The summed E-state index contributed by atoms with van der Waals surface area (Å²) in [6, 6.07) is 6.90. The van der Waals surface area contributed by atoms with Crippen molar-refractivity contribution in [3.05, 3.63) is 59.2 Å². The van der Waals surface area contributed by atoms with E-state index in [1.165, 1.54) is 68.1 Å². The highest BCUT2D eigenvalue weighted by Gasteiger charge is 2.24. The number of ether oxygens (including phenoxy) is 2. The van der Waals surface area contributed by atoms with Gasteiger partial charge in [0.25, 0.3) is 0 Å². The third kappa shape index (κ3) is 10.5. The van der Waals surface area contributed by atoms with E-state index in [9.17, 15) is 9.59 Å². The van der Waals surface area contributed by atoms with Crippen molar-refractivity contribution in [3.8, 4) is 0 Å². The third-order valence-corrected chi connectivity index (χ3v) is 7.66. The molecule has 0 amide bonds. The third-order valence-electron chi connectivity index (χ3n) is 7.66. The summed E-state index contributed by atoms with van der Waals surface area (Å²) >= 11 is 0. The molecular weight excluding hydrogens is 464 g/mol. The Kier molecular flexibility index (Phi) is 13.7. The number of hydrogen-bond acceptors (Lipinski definition) is 5. The second-order valence-corrected chi connectivity index (χ2v) is 10.7. The lowest BCUT2D eigenvalue weighted by atomic mass is 9.75. The van der Waals surface area contributed by atoms with Crippen molar-refractivity contribution in [2.45, 2.75) is 97.3 Å². The zero-order valence-corrected chi connectivity index (χ0v) is 23.4. The zero-order chi connectivity index (χ0) is 27.2. The number of hydrogen-bond donors (Lipinski definition) is 1. The molecule has 1 fully saturated rings. The maximum Gasteiger partial charge on any atom is 0.335 e. The molecule has 0 aromatic heterocycles. The number of aliphatic hydroxyl groups excluding tert-OH is 1. The van der Waals surface area contributed by atoms with Crippen LogP contribution in [-0.4, -0.2) is 36.9 Å². The van der Waals surface area contributed by atoms with Crippen molar-refractivity contribution >= 4 is 11.9 Å². The van der Waals surface area contributed by atoms with Crippen molar-refractivity contribution in [3.63, 3.8) is 0 Å². The highest BCUT2D eigenvalue weighted by Crippen LogP contribution is 2.39. The van der Waals surface area contributed by atoms with E-state index in [-0.39, 0.29) is 24.7 Å². The normalized spacial score (nSPS) is 18.2. The van der Waals surface area contributed by atoms with Crippen LogP contribution >= 0.6 is 0 Å². The molecule has 1 N–H and O–H groups in total. The van der Waals surface area contributed by atoms with E-state index < -0.39 is 18.5 Å². The van der Waals surface area contributed by atoms with Gasteiger partial charge in [0.2, 0.25) is 0 Å². The lowest BCUT2D eigenvalue weighted by molar-refractivity contribution is -0.144. The topological polar surface area (TPSA) is 72.8 Å². The molecular formula is C32H48O5. The highest BCUT2D eigenvalue weighted by molar-refractivity contribution is 5.88. The predicted molar refractivity (Wildman–Crippen MR) is 149 cm³/mol. The molecule has 0 radical (unpaired) electrons. The number of rotatable bonds is 16. The van der Waals surface area contributed by atoms with Crippen molar-refractivity contribution < 1.29 is 24.2 Å². The SMILES string of the molecule is C=C(C)C(=O)OCC(CCc1ccc(C2CCC(CCCCC)CC2)c(CC)c1)COC(=O)C(=C)CO. The standard InChI is InChI=1S/C32H48O5/c1-6-8-9-10-25-13-16-29(17-14-25)30-18-15-26(19-28(30)7-2)11-12-27(21-36-31(34)23(3)4)22-37-32(35)24(5)20-33/h15,18-19,25,27,29,33H,3,5-14,16-17,20-22H2,1-2,4H3. The van der Waals surface area contributed by atoms with E-state index >= 15 is 0 Å². The Morgan fingerprint density at radius 1 is 1.03 bits per heavy atom. The quantitative estimate of drug-likeness (QED) is 0.149. The molecule has 1 aliphatic carbocycles. The summed E-state index contributed by atoms with van der Waals surface area (Å²) in [5, 5.41) is 9.10. The number of aliphatic hydroxyl groups is 1. The van der Waals surface area contributed by atoms with Crippen molar-refractivity contribution in [1.82, 2.24) is 0 Å². The first kappa shape index (κ1) is 30.8. The first-order valence-electron chi connectivity index (χ1n) is 14.2. The Hall–Kier alpha value is -2.40. The van der Waals surface area contributed by atoms with Gasteiger partial charge in [-0.3, -0.25) is 0 Å². The molecule has 0 heterocycles. The van der Waals surface area contributed by atoms with E-state index in [0.717, 1.165) is 18.8 Å². The second-order valence-electron chi connectivity index (χ2n) is 10.7. The van der Waals surface area contributed by atoms with Crippen LogP contribution < -0.4 is 0 Å². The molecule has 0 spiro atoms. The number of aryl methyl sites for hydroxylation is 2. The number of carbonyl (C=O) groups excluding carboxylic acids is 2. The summed E-state index contributed by atoms with van der Waals surface area (Å²) in [7, 11) is 0. The first-order chi connectivity index (χ1) is 17.8. The van der Waals surface area contributed by atoms with Gasteiger partial charge in [-0.05, 0) is 80.4 Å². The van der Waals surface area contributed by atoms with Crippen LogP contribution in [0.15, 0.2) is 42.5 Å². The summed E-state index contributed by atoms with van der Waals surface area (Å²) in [6.45, 7) is 13.0. The number of unbranched alkanes of at least 4 members (excludes halogenated alkanes) is 2. The summed E-state index contributed by atoms with van der Waals surface area (Å²) in [4.78, 5) is 23.8. The van der Waals surface area contributed by atoms with Gasteiger partial charge >= 0.3 is 11.9 Å². The average Bonchev–Trinajstić information content (AvgIpc) is 2.92. The lowest BCUT2D eigenvalue weighted by Gasteiger charge is -2.30. The zero-order valence-electron chi connectivity index (χ0n) is 23.4. The number of esters is 2. The van der Waals surface area contributed by atoms with Gasteiger partial charge in [-0.25, -0.2) is 9.59 Å². The van der Waals surface area contributed by atoms with Crippen LogP contribution in [0.5, 0.6) is 0 Å². The molecule has 1 aromatic rings. The lowest BCUT2D eigenvalue weighted by Crippen LogP contribution is -2.23. The van der Waals surface area contributed by atoms with Gasteiger partial charge in [0.15, 0.2) is 0 Å². The minimum atomic E-state index is -0.628. The molecule has 5 nitrogen and oxygen atoms in total. The maximum atomic E-state index is 12.0. The van der Waals surface area contributed by atoms with Gasteiger partial charge in [0, 0.05) is 11.5 Å². The van der Waals surface area contributed by atoms with Crippen LogP contribution in [0.3, 0.4) is 0 Å². The van der Waals surface area contributed by atoms with Crippen LogP contribution in [0.25, 0.3) is 0 Å². The van der Waals surface area contributed by atoms with Crippen LogP contribution in [0, 0.1) is 11.8 Å². The molecule has 1 unspecified atom stereocenters. The Morgan fingerprint density at radius 2 is 1.70 bits per heavy atom. The summed E-state index contributed by atoms with van der Waals surface area (Å²) in [5.41, 5.74) is 4.54.